The average molecular weight is 498 g/mol. The van der Waals surface area contributed by atoms with Crippen LogP contribution in [0.15, 0.2) is 72.8 Å². The van der Waals surface area contributed by atoms with Crippen molar-refractivity contribution in [1.29, 1.82) is 0 Å². The molecule has 6 nitrogen and oxygen atoms in total. The van der Waals surface area contributed by atoms with E-state index >= 15 is 0 Å². The SMILES string of the molecule is COc1ccc(CN2C(=S)N(c3ccc(F)cc3)C(=O)[C@H]2CC(=O)Nc2ccc(Cl)cc2)cc1. The second-order valence-corrected chi connectivity index (χ2v) is 8.49. The Morgan fingerprint density at radius 1 is 1.06 bits per heavy atom. The number of thiocarbonyl (C=S) groups is 1. The van der Waals surface area contributed by atoms with Gasteiger partial charge in [-0.05, 0) is 78.4 Å². The minimum absolute atomic E-state index is 0.116. The van der Waals surface area contributed by atoms with Crippen molar-refractivity contribution >= 4 is 52.1 Å². The highest BCUT2D eigenvalue weighted by Crippen LogP contribution is 2.29. The zero-order chi connectivity index (χ0) is 24.2. The molecule has 1 heterocycles. The zero-order valence-corrected chi connectivity index (χ0v) is 19.8. The number of ether oxygens (including phenoxy) is 1. The molecule has 0 unspecified atom stereocenters. The fourth-order valence-corrected chi connectivity index (χ4v) is 4.20. The van der Waals surface area contributed by atoms with Crippen LogP contribution in [0, 0.1) is 5.82 Å². The highest BCUT2D eigenvalue weighted by atomic mass is 35.5. The second-order valence-electron chi connectivity index (χ2n) is 7.68. The van der Waals surface area contributed by atoms with Gasteiger partial charge in [-0.25, -0.2) is 4.39 Å². The summed E-state index contributed by atoms with van der Waals surface area (Å²) in [5, 5.41) is 3.59. The van der Waals surface area contributed by atoms with Gasteiger partial charge in [-0.3, -0.25) is 14.5 Å². The van der Waals surface area contributed by atoms with Gasteiger partial charge in [-0.1, -0.05) is 23.7 Å². The van der Waals surface area contributed by atoms with Crippen LogP contribution in [-0.4, -0.2) is 35.0 Å². The lowest BCUT2D eigenvalue weighted by Crippen LogP contribution is -2.37. The molecule has 0 bridgehead atoms. The summed E-state index contributed by atoms with van der Waals surface area (Å²) in [6.07, 6.45) is -0.116. The van der Waals surface area contributed by atoms with Crippen molar-refractivity contribution in [2.24, 2.45) is 0 Å². The third-order valence-corrected chi connectivity index (χ3v) is 6.09. The van der Waals surface area contributed by atoms with Crippen LogP contribution < -0.4 is 15.0 Å². The summed E-state index contributed by atoms with van der Waals surface area (Å²) in [5.41, 5.74) is 1.90. The molecule has 1 aliphatic rings. The molecule has 1 N–H and O–H groups in total. The van der Waals surface area contributed by atoms with E-state index in [1.54, 1.807) is 36.3 Å². The molecule has 1 saturated heterocycles. The lowest BCUT2D eigenvalue weighted by atomic mass is 10.1. The number of rotatable bonds is 7. The van der Waals surface area contributed by atoms with Crippen molar-refractivity contribution in [3.8, 4) is 5.75 Å². The van der Waals surface area contributed by atoms with E-state index < -0.39 is 11.9 Å². The number of nitrogens with one attached hydrogen (secondary N) is 1. The zero-order valence-electron chi connectivity index (χ0n) is 18.2. The molecule has 2 amide bonds. The molecule has 0 saturated carbocycles. The minimum Gasteiger partial charge on any atom is -0.497 e. The first-order chi connectivity index (χ1) is 16.4. The monoisotopic (exact) mass is 497 g/mol. The Balaban J connectivity index is 1.59. The Morgan fingerprint density at radius 3 is 2.32 bits per heavy atom. The molecule has 3 aromatic carbocycles. The Labute approximate surface area is 206 Å². The van der Waals surface area contributed by atoms with E-state index in [1.165, 1.54) is 29.2 Å². The number of benzene rings is 3. The fourth-order valence-electron chi connectivity index (χ4n) is 3.69. The molecule has 34 heavy (non-hydrogen) atoms. The number of carbonyl (C=O) groups is 2. The number of anilines is 2. The Bertz CT molecular complexity index is 1200. The normalized spacial score (nSPS) is 15.6. The smallest absolute Gasteiger partial charge is 0.256 e. The van der Waals surface area contributed by atoms with Crippen LogP contribution in [0.3, 0.4) is 0 Å². The number of carbonyl (C=O) groups excluding carboxylic acids is 2. The molecule has 174 valence electrons. The van der Waals surface area contributed by atoms with E-state index in [1.807, 2.05) is 24.3 Å². The molecule has 1 fully saturated rings. The Hall–Kier alpha value is -3.49. The van der Waals surface area contributed by atoms with Crippen molar-refractivity contribution < 1.29 is 18.7 Å². The largest absolute Gasteiger partial charge is 0.497 e. The fraction of sp³-hybridized carbons (Fsp3) is 0.160. The van der Waals surface area contributed by atoms with Crippen molar-refractivity contribution in [3.63, 3.8) is 0 Å². The number of nitrogens with zero attached hydrogens (tertiary/aromatic N) is 2. The highest BCUT2D eigenvalue weighted by Gasteiger charge is 2.44. The quantitative estimate of drug-likeness (QED) is 0.464. The van der Waals surface area contributed by atoms with Gasteiger partial charge >= 0.3 is 0 Å². The first kappa shape index (κ1) is 23.7. The van der Waals surface area contributed by atoms with E-state index in [4.69, 9.17) is 28.6 Å². The van der Waals surface area contributed by atoms with Crippen LogP contribution in [0.2, 0.25) is 5.02 Å². The van der Waals surface area contributed by atoms with Gasteiger partial charge in [0.15, 0.2) is 5.11 Å². The number of halogens is 2. The molecule has 9 heteroatoms. The summed E-state index contributed by atoms with van der Waals surface area (Å²) in [6.45, 7) is 0.311. The van der Waals surface area contributed by atoms with Crippen LogP contribution in [0.4, 0.5) is 15.8 Å². The van der Waals surface area contributed by atoms with Crippen LogP contribution in [-0.2, 0) is 16.1 Å². The summed E-state index contributed by atoms with van der Waals surface area (Å²) in [7, 11) is 1.58. The van der Waals surface area contributed by atoms with E-state index in [9.17, 15) is 14.0 Å². The maximum absolute atomic E-state index is 13.5. The predicted molar refractivity (Wildman–Crippen MR) is 134 cm³/mol. The van der Waals surface area contributed by atoms with Gasteiger partial charge in [0.25, 0.3) is 5.91 Å². The van der Waals surface area contributed by atoms with Gasteiger partial charge in [-0.15, -0.1) is 0 Å². The molecule has 1 aliphatic heterocycles. The maximum atomic E-state index is 13.5. The minimum atomic E-state index is -0.827. The van der Waals surface area contributed by atoms with Crippen LogP contribution in [0.1, 0.15) is 12.0 Å². The lowest BCUT2D eigenvalue weighted by Gasteiger charge is -2.24. The summed E-state index contributed by atoms with van der Waals surface area (Å²) >= 11 is 11.5. The highest BCUT2D eigenvalue weighted by molar-refractivity contribution is 7.80. The first-order valence-electron chi connectivity index (χ1n) is 10.4. The molecular formula is C25H21ClFN3O3S. The molecular weight excluding hydrogens is 477 g/mol. The average Bonchev–Trinajstić information content (AvgIpc) is 3.05. The van der Waals surface area contributed by atoms with E-state index in [0.29, 0.717) is 28.7 Å². The summed E-state index contributed by atoms with van der Waals surface area (Å²) in [6, 6.07) is 18.7. The molecule has 0 aliphatic carbocycles. The standard InChI is InChI=1S/C25H21ClFN3O3S/c1-33-21-12-2-16(3-13-21)15-29-22(14-23(31)28-19-8-4-17(26)5-9-19)24(32)30(25(29)34)20-10-6-18(27)7-11-20/h2-13,22H,14-15H2,1H3,(H,28,31)/t22-/m1/s1. The van der Waals surface area contributed by atoms with Crippen molar-refractivity contribution in [2.75, 3.05) is 17.3 Å². The van der Waals surface area contributed by atoms with Gasteiger partial charge < -0.3 is 15.0 Å². The number of hydrogen-bond donors (Lipinski definition) is 1. The summed E-state index contributed by atoms with van der Waals surface area (Å²) in [5.74, 6) is -0.411. The summed E-state index contributed by atoms with van der Waals surface area (Å²) in [4.78, 5) is 29.3. The van der Waals surface area contributed by atoms with Crippen molar-refractivity contribution in [1.82, 2.24) is 4.90 Å². The van der Waals surface area contributed by atoms with E-state index in [-0.39, 0.29) is 23.3 Å². The third kappa shape index (κ3) is 5.18. The predicted octanol–water partition coefficient (Wildman–Crippen LogP) is 5.02. The number of methoxy groups -OCH3 is 1. The molecule has 4 rings (SSSR count). The lowest BCUT2D eigenvalue weighted by molar-refractivity contribution is -0.124. The van der Waals surface area contributed by atoms with Gasteiger partial charge in [0.2, 0.25) is 5.91 Å². The van der Waals surface area contributed by atoms with Crippen LogP contribution in [0.25, 0.3) is 0 Å². The topological polar surface area (TPSA) is 61.9 Å². The van der Waals surface area contributed by atoms with Crippen LogP contribution >= 0.6 is 23.8 Å². The third-order valence-electron chi connectivity index (χ3n) is 5.42. The first-order valence-corrected chi connectivity index (χ1v) is 11.2. The van der Waals surface area contributed by atoms with Gasteiger partial charge in [0.1, 0.15) is 17.6 Å². The Kier molecular flexibility index (Phi) is 7.09. The summed E-state index contributed by atoms with van der Waals surface area (Å²) < 4.78 is 18.7. The van der Waals surface area contributed by atoms with Crippen molar-refractivity contribution in [2.45, 2.75) is 19.0 Å². The molecule has 0 radical (unpaired) electrons. The molecule has 0 aromatic heterocycles. The number of amides is 2. The maximum Gasteiger partial charge on any atom is 0.256 e. The molecule has 1 atom stereocenters. The van der Waals surface area contributed by atoms with E-state index in [0.717, 1.165) is 5.56 Å². The van der Waals surface area contributed by atoms with Crippen LogP contribution in [0.5, 0.6) is 5.75 Å². The van der Waals surface area contributed by atoms with Gasteiger partial charge in [0.05, 0.1) is 19.2 Å². The van der Waals surface area contributed by atoms with E-state index in [2.05, 4.69) is 5.32 Å². The Morgan fingerprint density at radius 2 is 1.71 bits per heavy atom. The number of hydrogen-bond acceptors (Lipinski definition) is 4. The molecule has 3 aromatic rings. The van der Waals surface area contributed by atoms with Gasteiger partial charge in [-0.2, -0.15) is 0 Å². The van der Waals surface area contributed by atoms with Crippen molar-refractivity contribution in [3.05, 3.63) is 89.2 Å². The van der Waals surface area contributed by atoms with Gasteiger partial charge in [0, 0.05) is 17.3 Å². The molecule has 0 spiro atoms. The second kappa shape index (κ2) is 10.2.